The van der Waals surface area contributed by atoms with Gasteiger partial charge >= 0.3 is 0 Å². The van der Waals surface area contributed by atoms with Gasteiger partial charge in [-0.15, -0.1) is 0 Å². The third-order valence-electron chi connectivity index (χ3n) is 4.50. The van der Waals surface area contributed by atoms with Gasteiger partial charge in [-0.25, -0.2) is 12.7 Å². The molecule has 2 aromatic carbocycles. The van der Waals surface area contributed by atoms with Gasteiger partial charge in [-0.3, -0.25) is 4.79 Å². The Hall–Kier alpha value is -3.00. The van der Waals surface area contributed by atoms with E-state index in [4.69, 9.17) is 4.52 Å². The number of benzene rings is 2. The second-order valence-corrected chi connectivity index (χ2v) is 8.20. The van der Waals surface area contributed by atoms with Crippen LogP contribution >= 0.6 is 0 Å². The van der Waals surface area contributed by atoms with Crippen LogP contribution in [0.15, 0.2) is 64.0 Å². The van der Waals surface area contributed by atoms with Gasteiger partial charge in [0.1, 0.15) is 6.04 Å². The first-order valence-corrected chi connectivity index (χ1v) is 9.94. The first kappa shape index (κ1) is 17.4. The SMILES string of the molecule is Cc1ccc(S(=O)(=O)N2C(=O)CC[C@@H]2c2nc(-c3ccccc3)no2)cc1. The van der Waals surface area contributed by atoms with E-state index in [1.807, 2.05) is 37.3 Å². The molecule has 0 radical (unpaired) electrons. The molecular formula is C19H17N3O4S. The minimum atomic E-state index is -4.00. The number of aryl methyl sites for hydroxylation is 1. The van der Waals surface area contributed by atoms with Gasteiger partial charge in [-0.2, -0.15) is 4.98 Å². The van der Waals surface area contributed by atoms with E-state index in [0.717, 1.165) is 15.4 Å². The number of sulfonamides is 1. The van der Waals surface area contributed by atoms with Crippen molar-refractivity contribution < 1.29 is 17.7 Å². The maximum Gasteiger partial charge on any atom is 0.267 e. The van der Waals surface area contributed by atoms with Gasteiger partial charge < -0.3 is 4.52 Å². The minimum Gasteiger partial charge on any atom is -0.337 e. The van der Waals surface area contributed by atoms with Crippen molar-refractivity contribution in [2.75, 3.05) is 0 Å². The average molecular weight is 383 g/mol. The Balaban J connectivity index is 1.70. The highest BCUT2D eigenvalue weighted by Gasteiger charge is 2.44. The van der Waals surface area contributed by atoms with Crippen molar-refractivity contribution in [1.82, 2.24) is 14.4 Å². The molecule has 2 heterocycles. The quantitative estimate of drug-likeness (QED) is 0.687. The van der Waals surface area contributed by atoms with Crippen molar-refractivity contribution in [3.8, 4) is 11.4 Å². The van der Waals surface area contributed by atoms with Gasteiger partial charge in [-0.05, 0) is 25.5 Å². The normalized spacial score (nSPS) is 17.4. The zero-order valence-corrected chi connectivity index (χ0v) is 15.4. The number of nitrogens with zero attached hydrogens (tertiary/aromatic N) is 3. The molecule has 7 nitrogen and oxygen atoms in total. The second kappa shape index (κ2) is 6.62. The summed E-state index contributed by atoms with van der Waals surface area (Å²) >= 11 is 0. The Morgan fingerprint density at radius 1 is 1.07 bits per heavy atom. The zero-order valence-electron chi connectivity index (χ0n) is 14.6. The molecule has 0 bridgehead atoms. The van der Waals surface area contributed by atoms with Gasteiger partial charge in [0, 0.05) is 12.0 Å². The van der Waals surface area contributed by atoms with Crippen LogP contribution < -0.4 is 0 Å². The van der Waals surface area contributed by atoms with Gasteiger partial charge in [0.2, 0.25) is 11.7 Å². The number of hydrogen-bond donors (Lipinski definition) is 0. The summed E-state index contributed by atoms with van der Waals surface area (Å²) in [6, 6.07) is 14.8. The zero-order chi connectivity index (χ0) is 19.0. The van der Waals surface area contributed by atoms with E-state index in [1.165, 1.54) is 12.1 Å². The Morgan fingerprint density at radius 3 is 2.48 bits per heavy atom. The minimum absolute atomic E-state index is 0.0659. The fourth-order valence-corrected chi connectivity index (χ4v) is 4.68. The summed E-state index contributed by atoms with van der Waals surface area (Å²) < 4.78 is 32.3. The smallest absolute Gasteiger partial charge is 0.267 e. The maximum absolute atomic E-state index is 13.0. The molecule has 3 aromatic rings. The highest BCUT2D eigenvalue weighted by Crippen LogP contribution is 2.37. The van der Waals surface area contributed by atoms with Crippen LogP contribution in [0.1, 0.15) is 30.3 Å². The van der Waals surface area contributed by atoms with Crippen molar-refractivity contribution in [3.63, 3.8) is 0 Å². The fourth-order valence-electron chi connectivity index (χ4n) is 3.09. The lowest BCUT2D eigenvalue weighted by Crippen LogP contribution is -2.34. The van der Waals surface area contributed by atoms with Crippen LogP contribution in [0.25, 0.3) is 11.4 Å². The molecule has 138 valence electrons. The molecule has 1 atom stereocenters. The average Bonchev–Trinajstić information content (AvgIpc) is 3.30. The number of amides is 1. The Morgan fingerprint density at radius 2 is 1.78 bits per heavy atom. The lowest BCUT2D eigenvalue weighted by molar-refractivity contribution is -0.124. The number of carbonyl (C=O) groups is 1. The molecule has 1 aliphatic rings. The number of carbonyl (C=O) groups excluding carboxylic acids is 1. The van der Waals surface area contributed by atoms with Crippen molar-refractivity contribution in [3.05, 3.63) is 66.1 Å². The third kappa shape index (κ3) is 3.12. The number of aromatic nitrogens is 2. The largest absolute Gasteiger partial charge is 0.337 e. The molecule has 1 amide bonds. The molecule has 0 unspecified atom stereocenters. The van der Waals surface area contributed by atoms with Crippen molar-refractivity contribution in [1.29, 1.82) is 0 Å². The summed E-state index contributed by atoms with van der Waals surface area (Å²) in [5.41, 5.74) is 1.69. The molecule has 1 saturated heterocycles. The lowest BCUT2D eigenvalue weighted by atomic mass is 10.2. The van der Waals surface area contributed by atoms with Gasteiger partial charge in [-0.1, -0.05) is 53.2 Å². The summed E-state index contributed by atoms with van der Waals surface area (Å²) in [7, 11) is -4.00. The van der Waals surface area contributed by atoms with Crippen LogP contribution in [0.3, 0.4) is 0 Å². The maximum atomic E-state index is 13.0. The highest BCUT2D eigenvalue weighted by atomic mass is 32.2. The van der Waals surface area contributed by atoms with E-state index in [1.54, 1.807) is 12.1 Å². The van der Waals surface area contributed by atoms with Crippen LogP contribution in [-0.2, 0) is 14.8 Å². The molecule has 1 aromatic heterocycles. The van der Waals surface area contributed by atoms with E-state index < -0.39 is 22.0 Å². The first-order chi connectivity index (χ1) is 13.0. The highest BCUT2D eigenvalue weighted by molar-refractivity contribution is 7.89. The monoisotopic (exact) mass is 383 g/mol. The lowest BCUT2D eigenvalue weighted by Gasteiger charge is -2.21. The topological polar surface area (TPSA) is 93.4 Å². The summed E-state index contributed by atoms with van der Waals surface area (Å²) in [5.74, 6) is 0.00746. The van der Waals surface area contributed by atoms with Crippen molar-refractivity contribution >= 4 is 15.9 Å². The first-order valence-electron chi connectivity index (χ1n) is 8.50. The Bertz CT molecular complexity index is 1080. The molecule has 27 heavy (non-hydrogen) atoms. The van der Waals surface area contributed by atoms with Crippen molar-refractivity contribution in [2.24, 2.45) is 0 Å². The molecule has 0 N–H and O–H groups in total. The van der Waals surface area contributed by atoms with E-state index in [-0.39, 0.29) is 17.2 Å². The van der Waals surface area contributed by atoms with Crippen LogP contribution in [0.4, 0.5) is 0 Å². The predicted octanol–water partition coefficient (Wildman–Crippen LogP) is 3.10. The third-order valence-corrected chi connectivity index (χ3v) is 6.34. The van der Waals surface area contributed by atoms with E-state index in [0.29, 0.717) is 12.2 Å². The Labute approximate surface area is 156 Å². The molecule has 0 spiro atoms. The molecule has 1 fully saturated rings. The van der Waals surface area contributed by atoms with E-state index in [9.17, 15) is 13.2 Å². The van der Waals surface area contributed by atoms with Crippen LogP contribution in [0.2, 0.25) is 0 Å². The van der Waals surface area contributed by atoms with Gasteiger partial charge in [0.05, 0.1) is 4.90 Å². The molecule has 1 aliphatic heterocycles. The molecule has 0 saturated carbocycles. The molecule has 4 rings (SSSR count). The standard InChI is InChI=1S/C19H17N3O4S/c1-13-7-9-15(10-8-13)27(24,25)22-16(11-12-17(22)23)19-20-18(21-26-19)14-5-3-2-4-6-14/h2-10,16H,11-12H2,1H3/t16-/m1/s1. The fraction of sp³-hybridized carbons (Fsp3) is 0.211. The second-order valence-electron chi connectivity index (χ2n) is 6.38. The summed E-state index contributed by atoms with van der Waals surface area (Å²) in [5, 5.41) is 3.94. The summed E-state index contributed by atoms with van der Waals surface area (Å²) in [6.07, 6.45) is 0.416. The van der Waals surface area contributed by atoms with Crippen LogP contribution in [-0.4, -0.2) is 28.8 Å². The number of rotatable bonds is 4. The van der Waals surface area contributed by atoms with Gasteiger partial charge in [0.15, 0.2) is 0 Å². The van der Waals surface area contributed by atoms with Crippen LogP contribution in [0, 0.1) is 6.92 Å². The van der Waals surface area contributed by atoms with Crippen LogP contribution in [0.5, 0.6) is 0 Å². The molecule has 8 heteroatoms. The predicted molar refractivity (Wildman–Crippen MR) is 96.9 cm³/mol. The van der Waals surface area contributed by atoms with Crippen molar-refractivity contribution in [2.45, 2.75) is 30.7 Å². The molecule has 0 aliphatic carbocycles. The number of hydrogen-bond acceptors (Lipinski definition) is 6. The van der Waals surface area contributed by atoms with E-state index >= 15 is 0 Å². The van der Waals surface area contributed by atoms with Gasteiger partial charge in [0.25, 0.3) is 15.9 Å². The Kier molecular flexibility index (Phi) is 4.27. The van der Waals surface area contributed by atoms with E-state index in [2.05, 4.69) is 10.1 Å². The summed E-state index contributed by atoms with van der Waals surface area (Å²) in [6.45, 7) is 1.86. The molecular weight excluding hydrogens is 366 g/mol. The summed E-state index contributed by atoms with van der Waals surface area (Å²) in [4.78, 5) is 16.8.